The Kier molecular flexibility index (Phi) is 4.35. The Labute approximate surface area is 151 Å². The molecule has 4 rings (SSSR count). The van der Waals surface area contributed by atoms with Crippen molar-refractivity contribution in [1.29, 1.82) is 0 Å². The minimum atomic E-state index is -0.0383. The van der Waals surface area contributed by atoms with E-state index in [1.54, 1.807) is 18.7 Å². The van der Waals surface area contributed by atoms with Gasteiger partial charge in [0.05, 0.1) is 18.5 Å². The number of rotatable bonds is 4. The van der Waals surface area contributed by atoms with Crippen molar-refractivity contribution >= 4 is 11.6 Å². The smallest absolute Gasteiger partial charge is 0.225 e. The molecule has 132 valence electrons. The van der Waals surface area contributed by atoms with Gasteiger partial charge < -0.3 is 14.6 Å². The number of aryl methyl sites for hydroxylation is 1. The van der Waals surface area contributed by atoms with Crippen LogP contribution in [0.1, 0.15) is 24.3 Å². The zero-order valence-corrected chi connectivity index (χ0v) is 14.4. The summed E-state index contributed by atoms with van der Waals surface area (Å²) in [4.78, 5) is 16.7. The lowest BCUT2D eigenvalue weighted by Gasteiger charge is -2.25. The van der Waals surface area contributed by atoms with Crippen LogP contribution in [0.4, 0.5) is 5.69 Å². The predicted octanol–water partition coefficient (Wildman–Crippen LogP) is 2.77. The first-order valence-electron chi connectivity index (χ1n) is 8.51. The van der Waals surface area contributed by atoms with Crippen LogP contribution in [0.15, 0.2) is 49.1 Å². The fraction of sp³-hybridized carbons (Fsp3) is 0.263. The number of anilines is 1. The van der Waals surface area contributed by atoms with E-state index in [0.29, 0.717) is 24.5 Å². The SMILES string of the molecule is Cn1cnnc1-c1cncc(NC(=O)CC2CCOc3ccccc32)c1. The minimum Gasteiger partial charge on any atom is -0.493 e. The summed E-state index contributed by atoms with van der Waals surface area (Å²) < 4.78 is 7.47. The van der Waals surface area contributed by atoms with E-state index in [4.69, 9.17) is 4.74 Å². The van der Waals surface area contributed by atoms with Gasteiger partial charge in [-0.1, -0.05) is 18.2 Å². The molecular formula is C19H19N5O2. The van der Waals surface area contributed by atoms with Crippen molar-refractivity contribution < 1.29 is 9.53 Å². The number of fused-ring (bicyclic) bond motifs is 1. The van der Waals surface area contributed by atoms with Crippen molar-refractivity contribution in [3.05, 3.63) is 54.6 Å². The molecule has 2 aromatic heterocycles. The van der Waals surface area contributed by atoms with E-state index in [1.807, 2.05) is 41.9 Å². The molecule has 3 heterocycles. The molecule has 3 aromatic rings. The lowest BCUT2D eigenvalue weighted by atomic mass is 9.90. The monoisotopic (exact) mass is 349 g/mol. The molecule has 0 radical (unpaired) electrons. The number of para-hydroxylation sites is 1. The van der Waals surface area contributed by atoms with Crippen molar-refractivity contribution in [3.8, 4) is 17.1 Å². The number of carbonyl (C=O) groups is 1. The molecule has 0 bridgehead atoms. The quantitative estimate of drug-likeness (QED) is 0.783. The molecule has 1 amide bonds. The van der Waals surface area contributed by atoms with Crippen LogP contribution in [-0.4, -0.2) is 32.3 Å². The van der Waals surface area contributed by atoms with Crippen molar-refractivity contribution in [1.82, 2.24) is 19.7 Å². The number of pyridine rings is 1. The molecular weight excluding hydrogens is 330 g/mol. The Morgan fingerprint density at radius 2 is 2.23 bits per heavy atom. The second-order valence-electron chi connectivity index (χ2n) is 6.35. The van der Waals surface area contributed by atoms with Gasteiger partial charge in [-0.3, -0.25) is 9.78 Å². The summed E-state index contributed by atoms with van der Waals surface area (Å²) in [7, 11) is 1.86. The second kappa shape index (κ2) is 6.95. The molecule has 0 aliphatic carbocycles. The van der Waals surface area contributed by atoms with Gasteiger partial charge in [0.15, 0.2) is 5.82 Å². The van der Waals surface area contributed by atoms with E-state index in [-0.39, 0.29) is 11.8 Å². The van der Waals surface area contributed by atoms with Crippen molar-refractivity contribution in [2.75, 3.05) is 11.9 Å². The van der Waals surface area contributed by atoms with Crippen LogP contribution < -0.4 is 10.1 Å². The molecule has 1 aliphatic rings. The summed E-state index contributed by atoms with van der Waals surface area (Å²) in [5, 5.41) is 10.9. The van der Waals surface area contributed by atoms with Crippen LogP contribution in [0.25, 0.3) is 11.4 Å². The molecule has 1 aromatic carbocycles. The summed E-state index contributed by atoms with van der Waals surface area (Å²) in [6.45, 7) is 0.637. The van der Waals surface area contributed by atoms with E-state index in [2.05, 4.69) is 20.5 Å². The Balaban J connectivity index is 1.47. The maximum atomic E-state index is 12.5. The molecule has 0 saturated heterocycles. The molecule has 1 aliphatic heterocycles. The van der Waals surface area contributed by atoms with Gasteiger partial charge in [-0.2, -0.15) is 0 Å². The van der Waals surface area contributed by atoms with Gasteiger partial charge in [0.25, 0.3) is 0 Å². The Hall–Kier alpha value is -3.22. The highest BCUT2D eigenvalue weighted by Crippen LogP contribution is 2.35. The summed E-state index contributed by atoms with van der Waals surface area (Å²) in [6, 6.07) is 9.76. The standard InChI is InChI=1S/C19H19N5O2/c1-24-12-21-23-19(24)14-8-15(11-20-10-14)22-18(25)9-13-6-7-26-17-5-3-2-4-16(13)17/h2-5,8,10-13H,6-7,9H2,1H3,(H,22,25). The Morgan fingerprint density at radius 3 is 3.08 bits per heavy atom. The summed E-state index contributed by atoms with van der Waals surface area (Å²) in [5.74, 6) is 1.70. The zero-order chi connectivity index (χ0) is 17.9. The topological polar surface area (TPSA) is 81.9 Å². The first kappa shape index (κ1) is 16.3. The first-order valence-corrected chi connectivity index (χ1v) is 8.51. The van der Waals surface area contributed by atoms with Gasteiger partial charge in [-0.25, -0.2) is 0 Å². The normalized spacial score (nSPS) is 15.8. The fourth-order valence-corrected chi connectivity index (χ4v) is 3.24. The third-order valence-electron chi connectivity index (χ3n) is 4.51. The lowest BCUT2D eigenvalue weighted by Crippen LogP contribution is -2.20. The second-order valence-corrected chi connectivity index (χ2v) is 6.35. The van der Waals surface area contributed by atoms with Crippen LogP contribution in [-0.2, 0) is 11.8 Å². The van der Waals surface area contributed by atoms with E-state index in [0.717, 1.165) is 23.3 Å². The molecule has 1 N–H and O–H groups in total. The van der Waals surface area contributed by atoms with Gasteiger partial charge in [-0.05, 0) is 30.0 Å². The van der Waals surface area contributed by atoms with Crippen LogP contribution in [0, 0.1) is 0 Å². The molecule has 1 atom stereocenters. The lowest BCUT2D eigenvalue weighted by molar-refractivity contribution is -0.116. The molecule has 0 fully saturated rings. The molecule has 7 nitrogen and oxygen atoms in total. The van der Waals surface area contributed by atoms with E-state index in [1.165, 1.54) is 0 Å². The highest BCUT2D eigenvalue weighted by atomic mass is 16.5. The number of nitrogens with zero attached hydrogens (tertiary/aromatic N) is 4. The molecule has 0 spiro atoms. The van der Waals surface area contributed by atoms with E-state index >= 15 is 0 Å². The zero-order valence-electron chi connectivity index (χ0n) is 14.4. The van der Waals surface area contributed by atoms with E-state index < -0.39 is 0 Å². The van der Waals surface area contributed by atoms with Crippen LogP contribution in [0.3, 0.4) is 0 Å². The average Bonchev–Trinajstić information content (AvgIpc) is 3.08. The van der Waals surface area contributed by atoms with Crippen LogP contribution in [0.2, 0.25) is 0 Å². The largest absolute Gasteiger partial charge is 0.493 e. The molecule has 7 heteroatoms. The van der Waals surface area contributed by atoms with Gasteiger partial charge in [0.2, 0.25) is 5.91 Å². The van der Waals surface area contributed by atoms with Gasteiger partial charge in [0, 0.05) is 25.2 Å². The predicted molar refractivity (Wildman–Crippen MR) is 96.8 cm³/mol. The number of carbonyl (C=O) groups excluding carboxylic acids is 1. The average molecular weight is 349 g/mol. The Morgan fingerprint density at radius 1 is 1.35 bits per heavy atom. The number of hydrogen-bond donors (Lipinski definition) is 1. The van der Waals surface area contributed by atoms with Crippen molar-refractivity contribution in [2.24, 2.45) is 7.05 Å². The van der Waals surface area contributed by atoms with Crippen LogP contribution in [0.5, 0.6) is 5.75 Å². The minimum absolute atomic E-state index is 0.0383. The van der Waals surface area contributed by atoms with E-state index in [9.17, 15) is 4.79 Å². The highest BCUT2D eigenvalue weighted by molar-refractivity contribution is 5.91. The van der Waals surface area contributed by atoms with Gasteiger partial charge in [0.1, 0.15) is 12.1 Å². The number of benzene rings is 1. The number of ether oxygens (including phenoxy) is 1. The number of nitrogens with one attached hydrogen (secondary N) is 1. The molecule has 26 heavy (non-hydrogen) atoms. The van der Waals surface area contributed by atoms with Crippen molar-refractivity contribution in [2.45, 2.75) is 18.8 Å². The maximum Gasteiger partial charge on any atom is 0.225 e. The molecule has 1 unspecified atom stereocenters. The first-order chi connectivity index (χ1) is 12.7. The summed E-state index contributed by atoms with van der Waals surface area (Å²) in [5.41, 5.74) is 2.55. The van der Waals surface area contributed by atoms with Gasteiger partial charge >= 0.3 is 0 Å². The Bertz CT molecular complexity index is 937. The van der Waals surface area contributed by atoms with Gasteiger partial charge in [-0.15, -0.1) is 10.2 Å². The number of amides is 1. The maximum absolute atomic E-state index is 12.5. The number of aromatic nitrogens is 4. The molecule has 0 saturated carbocycles. The summed E-state index contributed by atoms with van der Waals surface area (Å²) >= 11 is 0. The third-order valence-corrected chi connectivity index (χ3v) is 4.51. The number of hydrogen-bond acceptors (Lipinski definition) is 5. The van der Waals surface area contributed by atoms with Crippen molar-refractivity contribution in [3.63, 3.8) is 0 Å². The third kappa shape index (κ3) is 3.28. The summed E-state index contributed by atoms with van der Waals surface area (Å²) in [6.07, 6.45) is 6.21. The fourth-order valence-electron chi connectivity index (χ4n) is 3.24. The van der Waals surface area contributed by atoms with Crippen LogP contribution >= 0.6 is 0 Å². The highest BCUT2D eigenvalue weighted by Gasteiger charge is 2.23.